The Morgan fingerprint density at radius 1 is 1.06 bits per heavy atom. The Bertz CT molecular complexity index is 1450. The molecular weight excluding hydrogens is 432 g/mol. The standard InChI is InChI=1S/C26H20N4O4/c1-33-20-10-12-21(13-11-20)34-25-22(26(32)30-14-6-5-9-23(30)29-25)15-19(16-27)24(31)28-17-18-7-3-2-4-8-18/h2-15H,17H2,1H3,(H,28,31)/b19-15+. The van der Waals surface area contributed by atoms with Crippen molar-refractivity contribution in [3.63, 3.8) is 0 Å². The molecule has 0 unspecified atom stereocenters. The van der Waals surface area contributed by atoms with Crippen LogP contribution in [0.15, 0.2) is 89.4 Å². The lowest BCUT2D eigenvalue weighted by Gasteiger charge is -2.11. The molecule has 1 amide bonds. The number of amides is 1. The molecule has 0 saturated heterocycles. The lowest BCUT2D eigenvalue weighted by atomic mass is 10.1. The van der Waals surface area contributed by atoms with Crippen LogP contribution in [0.3, 0.4) is 0 Å². The number of hydrogen-bond donors (Lipinski definition) is 1. The molecule has 0 aliphatic carbocycles. The van der Waals surface area contributed by atoms with Crippen molar-refractivity contribution in [2.45, 2.75) is 6.54 Å². The Hall–Kier alpha value is -4.90. The van der Waals surface area contributed by atoms with Crippen LogP contribution in [0, 0.1) is 11.3 Å². The number of ether oxygens (including phenoxy) is 2. The van der Waals surface area contributed by atoms with E-state index in [2.05, 4.69) is 10.3 Å². The molecule has 34 heavy (non-hydrogen) atoms. The number of benzene rings is 2. The normalized spacial score (nSPS) is 11.0. The summed E-state index contributed by atoms with van der Waals surface area (Å²) in [6, 6.07) is 23.0. The van der Waals surface area contributed by atoms with Gasteiger partial charge in [0.2, 0.25) is 5.88 Å². The highest BCUT2D eigenvalue weighted by Crippen LogP contribution is 2.25. The van der Waals surface area contributed by atoms with Crippen molar-refractivity contribution in [3.8, 4) is 23.4 Å². The highest BCUT2D eigenvalue weighted by Gasteiger charge is 2.17. The number of nitrogens with one attached hydrogen (secondary N) is 1. The highest BCUT2D eigenvalue weighted by atomic mass is 16.5. The first-order valence-electron chi connectivity index (χ1n) is 10.4. The third-order valence-corrected chi connectivity index (χ3v) is 4.96. The number of nitrogens with zero attached hydrogens (tertiary/aromatic N) is 3. The average molecular weight is 452 g/mol. The summed E-state index contributed by atoms with van der Waals surface area (Å²) in [4.78, 5) is 30.3. The number of carbonyl (C=O) groups excluding carboxylic acids is 1. The summed E-state index contributed by atoms with van der Waals surface area (Å²) in [6.45, 7) is 0.239. The fourth-order valence-corrected chi connectivity index (χ4v) is 3.21. The molecule has 0 aliphatic rings. The Morgan fingerprint density at radius 2 is 1.76 bits per heavy atom. The number of nitriles is 1. The van der Waals surface area contributed by atoms with Crippen molar-refractivity contribution in [3.05, 3.63) is 106 Å². The monoisotopic (exact) mass is 452 g/mol. The Labute approximate surface area is 195 Å². The fourth-order valence-electron chi connectivity index (χ4n) is 3.21. The largest absolute Gasteiger partial charge is 0.497 e. The topological polar surface area (TPSA) is 106 Å². The first-order valence-corrected chi connectivity index (χ1v) is 10.4. The van der Waals surface area contributed by atoms with Gasteiger partial charge in [0.1, 0.15) is 34.4 Å². The highest BCUT2D eigenvalue weighted by molar-refractivity contribution is 6.01. The number of methoxy groups -OCH3 is 1. The van der Waals surface area contributed by atoms with Crippen LogP contribution in [-0.2, 0) is 11.3 Å². The summed E-state index contributed by atoms with van der Waals surface area (Å²) < 4.78 is 12.4. The third kappa shape index (κ3) is 4.95. The molecule has 0 aliphatic heterocycles. The first-order chi connectivity index (χ1) is 16.6. The van der Waals surface area contributed by atoms with Gasteiger partial charge in [-0.15, -0.1) is 0 Å². The zero-order chi connectivity index (χ0) is 23.9. The van der Waals surface area contributed by atoms with Crippen molar-refractivity contribution in [2.75, 3.05) is 7.11 Å². The van der Waals surface area contributed by atoms with Gasteiger partial charge >= 0.3 is 0 Å². The van der Waals surface area contributed by atoms with Crippen molar-refractivity contribution in [1.29, 1.82) is 5.26 Å². The van der Waals surface area contributed by atoms with E-state index in [9.17, 15) is 14.9 Å². The second kappa shape index (κ2) is 10.1. The maximum atomic E-state index is 13.2. The second-order valence-electron chi connectivity index (χ2n) is 7.18. The lowest BCUT2D eigenvalue weighted by molar-refractivity contribution is -0.117. The van der Waals surface area contributed by atoms with Crippen LogP contribution in [0.1, 0.15) is 11.1 Å². The van der Waals surface area contributed by atoms with Crippen molar-refractivity contribution < 1.29 is 14.3 Å². The quantitative estimate of drug-likeness (QED) is 0.338. The molecule has 8 nitrogen and oxygen atoms in total. The third-order valence-electron chi connectivity index (χ3n) is 4.96. The van der Waals surface area contributed by atoms with Crippen molar-refractivity contribution in [2.24, 2.45) is 0 Å². The van der Waals surface area contributed by atoms with Gasteiger partial charge in [-0.25, -0.2) is 0 Å². The predicted octanol–water partition coefficient (Wildman–Crippen LogP) is 3.72. The van der Waals surface area contributed by atoms with Crippen LogP contribution in [-0.4, -0.2) is 22.4 Å². The van der Waals surface area contributed by atoms with Crippen LogP contribution in [0.5, 0.6) is 17.4 Å². The summed E-state index contributed by atoms with van der Waals surface area (Å²) in [5.41, 5.74) is 0.498. The molecule has 0 radical (unpaired) electrons. The van der Waals surface area contributed by atoms with E-state index in [1.54, 1.807) is 55.8 Å². The summed E-state index contributed by atoms with van der Waals surface area (Å²) in [7, 11) is 1.55. The second-order valence-corrected chi connectivity index (χ2v) is 7.18. The van der Waals surface area contributed by atoms with E-state index >= 15 is 0 Å². The number of pyridine rings is 1. The zero-order valence-corrected chi connectivity index (χ0v) is 18.3. The predicted molar refractivity (Wildman–Crippen MR) is 126 cm³/mol. The van der Waals surface area contributed by atoms with E-state index in [-0.39, 0.29) is 23.6 Å². The van der Waals surface area contributed by atoms with Crippen molar-refractivity contribution >= 4 is 17.6 Å². The number of carbonyl (C=O) groups is 1. The maximum Gasteiger partial charge on any atom is 0.269 e. The van der Waals surface area contributed by atoms with E-state index in [1.165, 1.54) is 10.5 Å². The molecule has 0 fully saturated rings. The SMILES string of the molecule is COc1ccc(Oc2nc3ccccn3c(=O)c2/C=C(\C#N)C(=O)NCc2ccccc2)cc1. The van der Waals surface area contributed by atoms with Gasteiger partial charge in [0.25, 0.3) is 11.5 Å². The number of rotatable bonds is 7. The van der Waals surface area contributed by atoms with Gasteiger partial charge in [0, 0.05) is 12.7 Å². The Balaban J connectivity index is 1.72. The van der Waals surface area contributed by atoms with Gasteiger partial charge in [0.15, 0.2) is 0 Å². The molecule has 0 spiro atoms. The average Bonchev–Trinajstić information content (AvgIpc) is 2.88. The molecule has 0 atom stereocenters. The number of fused-ring (bicyclic) bond motifs is 1. The summed E-state index contributed by atoms with van der Waals surface area (Å²) >= 11 is 0. The van der Waals surface area contributed by atoms with E-state index in [4.69, 9.17) is 9.47 Å². The van der Waals surface area contributed by atoms with Crippen LogP contribution < -0.4 is 20.3 Å². The molecule has 2 aromatic heterocycles. The van der Waals surface area contributed by atoms with Gasteiger partial charge in [0.05, 0.1) is 7.11 Å². The minimum absolute atomic E-state index is 0.0223. The van der Waals surface area contributed by atoms with E-state index in [1.807, 2.05) is 36.4 Å². The summed E-state index contributed by atoms with van der Waals surface area (Å²) in [6.07, 6.45) is 2.76. The summed E-state index contributed by atoms with van der Waals surface area (Å²) in [5.74, 6) is 0.416. The molecular formula is C26H20N4O4. The van der Waals surface area contributed by atoms with E-state index in [0.717, 1.165) is 5.56 Å². The number of aromatic nitrogens is 2. The molecule has 1 N–H and O–H groups in total. The van der Waals surface area contributed by atoms with Gasteiger partial charge < -0.3 is 14.8 Å². The smallest absolute Gasteiger partial charge is 0.269 e. The number of hydrogen-bond acceptors (Lipinski definition) is 6. The first kappa shape index (κ1) is 22.3. The molecule has 2 heterocycles. The molecule has 4 rings (SSSR count). The molecule has 4 aromatic rings. The molecule has 0 saturated carbocycles. The van der Waals surface area contributed by atoms with Gasteiger partial charge in [-0.3, -0.25) is 14.0 Å². The van der Waals surface area contributed by atoms with Crippen LogP contribution in [0.2, 0.25) is 0 Å². The van der Waals surface area contributed by atoms with Crippen LogP contribution >= 0.6 is 0 Å². The minimum atomic E-state index is -0.612. The Morgan fingerprint density at radius 3 is 2.47 bits per heavy atom. The minimum Gasteiger partial charge on any atom is -0.497 e. The van der Waals surface area contributed by atoms with Gasteiger partial charge in [-0.1, -0.05) is 36.4 Å². The van der Waals surface area contributed by atoms with E-state index < -0.39 is 11.5 Å². The zero-order valence-electron chi connectivity index (χ0n) is 18.3. The maximum absolute atomic E-state index is 13.2. The van der Waals surface area contributed by atoms with Crippen LogP contribution in [0.25, 0.3) is 11.7 Å². The molecule has 8 heteroatoms. The molecule has 168 valence electrons. The fraction of sp³-hybridized carbons (Fsp3) is 0.0769. The Kier molecular flexibility index (Phi) is 6.65. The summed E-state index contributed by atoms with van der Waals surface area (Å²) in [5, 5.41) is 12.3. The van der Waals surface area contributed by atoms with Crippen molar-refractivity contribution in [1.82, 2.24) is 14.7 Å². The van der Waals surface area contributed by atoms with Crippen LogP contribution in [0.4, 0.5) is 0 Å². The van der Waals surface area contributed by atoms with E-state index in [0.29, 0.717) is 17.1 Å². The molecule has 2 aromatic carbocycles. The van der Waals surface area contributed by atoms with Gasteiger partial charge in [-0.2, -0.15) is 10.2 Å². The lowest BCUT2D eigenvalue weighted by Crippen LogP contribution is -2.25. The van der Waals surface area contributed by atoms with Gasteiger partial charge in [-0.05, 0) is 48.0 Å². The molecule has 0 bridgehead atoms.